The predicted molar refractivity (Wildman–Crippen MR) is 48.6 cm³/mol. The predicted octanol–water partition coefficient (Wildman–Crippen LogP) is -1.93. The van der Waals surface area contributed by atoms with Gasteiger partial charge in [-0.25, -0.2) is 13.2 Å². The Morgan fingerprint density at radius 1 is 1.40 bits per heavy atom. The number of carbonyl (C=O) groups is 3. The smallest absolute Gasteiger partial charge is 0.318 e. The first-order valence-electron chi connectivity index (χ1n) is 3.70. The van der Waals surface area contributed by atoms with Crippen LogP contribution in [0.3, 0.4) is 0 Å². The number of sulfone groups is 1. The van der Waals surface area contributed by atoms with Gasteiger partial charge in [0, 0.05) is 0 Å². The Kier molecular flexibility index (Phi) is 4.21. The van der Waals surface area contributed by atoms with Crippen LogP contribution in [0.5, 0.6) is 0 Å². The molecule has 15 heavy (non-hydrogen) atoms. The van der Waals surface area contributed by atoms with Crippen molar-refractivity contribution in [3.05, 3.63) is 0 Å². The molecule has 0 rings (SSSR count). The van der Waals surface area contributed by atoms with Crippen LogP contribution >= 0.6 is 0 Å². The summed E-state index contributed by atoms with van der Waals surface area (Å²) in [4.78, 5) is 31.4. The largest absolute Gasteiger partial charge is 0.480 e. The summed E-state index contributed by atoms with van der Waals surface area (Å²) in [5.74, 6) is -3.90. The molecule has 0 radical (unpaired) electrons. The van der Waals surface area contributed by atoms with Gasteiger partial charge >= 0.3 is 12.0 Å². The lowest BCUT2D eigenvalue weighted by atomic mass is 10.4. The molecule has 1 atom stereocenters. The van der Waals surface area contributed by atoms with Gasteiger partial charge in [0.15, 0.2) is 9.84 Å². The first kappa shape index (κ1) is 13.4. The van der Waals surface area contributed by atoms with E-state index in [0.29, 0.717) is 0 Å². The van der Waals surface area contributed by atoms with Crippen molar-refractivity contribution in [1.82, 2.24) is 5.32 Å². The van der Waals surface area contributed by atoms with Crippen LogP contribution < -0.4 is 11.1 Å². The molecule has 86 valence electrons. The number of carboxylic acid groups (broad SMARTS) is 1. The third-order valence-corrected chi connectivity index (χ3v) is 3.42. The molecule has 9 heteroatoms. The number of hydrogen-bond acceptors (Lipinski definition) is 5. The number of hydrogen-bond donors (Lipinski definition) is 3. The Hall–Kier alpha value is -1.64. The average Bonchev–Trinajstić information content (AvgIpc) is 1.98. The topological polar surface area (TPSA) is 144 Å². The molecule has 0 aromatic rings. The zero-order chi connectivity index (χ0) is 12.2. The zero-order valence-electron chi connectivity index (χ0n) is 7.76. The van der Waals surface area contributed by atoms with Crippen LogP contribution in [0.4, 0.5) is 4.79 Å². The molecule has 0 fully saturated rings. The van der Waals surface area contributed by atoms with Gasteiger partial charge in [-0.3, -0.25) is 14.9 Å². The Labute approximate surface area is 85.4 Å². The van der Waals surface area contributed by atoms with Gasteiger partial charge in [-0.2, -0.15) is 0 Å². The van der Waals surface area contributed by atoms with Gasteiger partial charge in [0.25, 0.3) is 0 Å². The van der Waals surface area contributed by atoms with E-state index in [1.807, 2.05) is 0 Å². The third kappa shape index (κ3) is 4.40. The number of amides is 3. The van der Waals surface area contributed by atoms with Crippen LogP contribution in [0.2, 0.25) is 0 Å². The second-order valence-electron chi connectivity index (χ2n) is 2.70. The summed E-state index contributed by atoms with van der Waals surface area (Å²) in [5.41, 5.74) is 4.59. The van der Waals surface area contributed by atoms with E-state index >= 15 is 0 Å². The molecule has 0 spiro atoms. The van der Waals surface area contributed by atoms with Gasteiger partial charge < -0.3 is 10.8 Å². The third-order valence-electron chi connectivity index (χ3n) is 1.48. The maximum absolute atomic E-state index is 11.2. The molecule has 1 unspecified atom stereocenters. The van der Waals surface area contributed by atoms with Crippen LogP contribution in [-0.2, 0) is 19.4 Å². The second-order valence-corrected chi connectivity index (χ2v) is 5.02. The highest BCUT2D eigenvalue weighted by molar-refractivity contribution is 7.93. The van der Waals surface area contributed by atoms with Crippen LogP contribution in [0.25, 0.3) is 0 Å². The fourth-order valence-electron chi connectivity index (χ4n) is 0.683. The zero-order valence-corrected chi connectivity index (χ0v) is 8.58. The number of carboxylic acids is 1. The van der Waals surface area contributed by atoms with Crippen molar-refractivity contribution in [1.29, 1.82) is 0 Å². The molecular weight excluding hydrogens is 228 g/mol. The Bertz CT molecular complexity index is 386. The molecule has 0 bridgehead atoms. The quantitative estimate of drug-likeness (QED) is 0.520. The minimum Gasteiger partial charge on any atom is -0.480 e. The molecule has 0 aliphatic rings. The van der Waals surface area contributed by atoms with E-state index in [0.717, 1.165) is 6.92 Å². The Morgan fingerprint density at radius 3 is 2.20 bits per heavy atom. The molecule has 0 aromatic heterocycles. The van der Waals surface area contributed by atoms with E-state index in [1.165, 1.54) is 0 Å². The fourth-order valence-corrected chi connectivity index (χ4v) is 1.66. The van der Waals surface area contributed by atoms with Crippen LogP contribution in [0.1, 0.15) is 6.92 Å². The maximum atomic E-state index is 11.2. The Morgan fingerprint density at radius 2 is 1.87 bits per heavy atom. The molecule has 8 nitrogen and oxygen atoms in total. The van der Waals surface area contributed by atoms with E-state index in [1.54, 1.807) is 5.32 Å². The molecule has 3 amide bonds. The Balaban J connectivity index is 4.70. The van der Waals surface area contributed by atoms with E-state index in [-0.39, 0.29) is 0 Å². The number of aliphatic carboxylic acids is 1. The lowest BCUT2D eigenvalue weighted by Crippen LogP contribution is -2.44. The molecule has 0 aliphatic heterocycles. The highest BCUT2D eigenvalue weighted by Gasteiger charge is 2.30. The number of imide groups is 1. The molecule has 0 saturated heterocycles. The van der Waals surface area contributed by atoms with Gasteiger partial charge in [0.2, 0.25) is 5.91 Å². The number of primary amides is 1. The minimum absolute atomic E-state index is 0.969. The van der Waals surface area contributed by atoms with Gasteiger partial charge in [0.05, 0.1) is 0 Å². The number of nitrogens with two attached hydrogens (primary N) is 1. The standard InChI is InChI=1S/C6H10N2O6S/c1-3(5(11)8-6(7)12)15(13,14)2-4(9)10/h3H,2H2,1H3,(H,9,10)(H3,7,8,11,12). The van der Waals surface area contributed by atoms with Gasteiger partial charge in [0.1, 0.15) is 11.0 Å². The van der Waals surface area contributed by atoms with Crippen molar-refractivity contribution in [3.8, 4) is 0 Å². The summed E-state index contributed by atoms with van der Waals surface area (Å²) in [5, 5.41) is 8.17. The van der Waals surface area contributed by atoms with Crippen molar-refractivity contribution in [2.45, 2.75) is 12.2 Å². The molecule has 0 saturated carbocycles. The van der Waals surface area contributed by atoms with E-state index in [2.05, 4.69) is 5.73 Å². The van der Waals surface area contributed by atoms with Crippen LogP contribution in [-0.4, -0.2) is 42.4 Å². The van der Waals surface area contributed by atoms with Crippen molar-refractivity contribution >= 4 is 27.7 Å². The van der Waals surface area contributed by atoms with Crippen molar-refractivity contribution < 1.29 is 27.9 Å². The minimum atomic E-state index is -4.12. The average molecular weight is 238 g/mol. The van der Waals surface area contributed by atoms with E-state index in [4.69, 9.17) is 5.11 Å². The number of rotatable bonds is 4. The maximum Gasteiger partial charge on any atom is 0.318 e. The summed E-state index contributed by atoms with van der Waals surface area (Å²) >= 11 is 0. The monoisotopic (exact) mass is 238 g/mol. The lowest BCUT2D eigenvalue weighted by Gasteiger charge is -2.09. The number of nitrogens with one attached hydrogen (secondary N) is 1. The van der Waals surface area contributed by atoms with Crippen molar-refractivity contribution in [2.75, 3.05) is 5.75 Å². The van der Waals surface area contributed by atoms with Gasteiger partial charge in [-0.05, 0) is 6.92 Å². The first-order valence-corrected chi connectivity index (χ1v) is 5.42. The fraction of sp³-hybridized carbons (Fsp3) is 0.500. The normalized spacial score (nSPS) is 12.9. The lowest BCUT2D eigenvalue weighted by molar-refractivity contribution is -0.134. The van der Waals surface area contributed by atoms with Gasteiger partial charge in [-0.1, -0.05) is 0 Å². The van der Waals surface area contributed by atoms with Crippen LogP contribution in [0.15, 0.2) is 0 Å². The SMILES string of the molecule is CC(C(=O)NC(N)=O)S(=O)(=O)CC(=O)O. The molecular formula is C6H10N2O6S. The highest BCUT2D eigenvalue weighted by atomic mass is 32.2. The summed E-state index contributed by atoms with van der Waals surface area (Å²) < 4.78 is 22.3. The second kappa shape index (κ2) is 4.73. The molecule has 0 aliphatic carbocycles. The summed E-state index contributed by atoms with van der Waals surface area (Å²) in [6.07, 6.45) is 0. The van der Waals surface area contributed by atoms with E-state index in [9.17, 15) is 22.8 Å². The highest BCUT2D eigenvalue weighted by Crippen LogP contribution is 2.02. The molecule has 0 heterocycles. The van der Waals surface area contributed by atoms with E-state index < -0.39 is 38.7 Å². The van der Waals surface area contributed by atoms with Crippen molar-refractivity contribution in [2.24, 2.45) is 5.73 Å². The van der Waals surface area contributed by atoms with Crippen molar-refractivity contribution in [3.63, 3.8) is 0 Å². The summed E-state index contributed by atoms with van der Waals surface area (Å²) in [7, 11) is -4.12. The number of carbonyl (C=O) groups excluding carboxylic acids is 2. The first-order chi connectivity index (χ1) is 6.66. The summed E-state index contributed by atoms with van der Waals surface area (Å²) in [6.45, 7) is 0.969. The summed E-state index contributed by atoms with van der Waals surface area (Å²) in [6, 6.07) is -1.20. The number of urea groups is 1. The van der Waals surface area contributed by atoms with Gasteiger partial charge in [-0.15, -0.1) is 0 Å². The van der Waals surface area contributed by atoms with Crippen LogP contribution in [0, 0.1) is 0 Å². The molecule has 0 aromatic carbocycles. The molecule has 4 N–H and O–H groups in total.